The molecule has 2 rings (SSSR count). The molecule has 2 aromatic rings. The molecule has 2 heterocycles. The fraction of sp³-hybridized carbons (Fsp3) is 0.125. The number of halogens is 1. The summed E-state index contributed by atoms with van der Waals surface area (Å²) in [6.45, 7) is 0.727. The first-order valence-corrected chi connectivity index (χ1v) is 5.89. The van der Waals surface area contributed by atoms with Gasteiger partial charge in [-0.1, -0.05) is 0 Å². The third-order valence-electron chi connectivity index (χ3n) is 1.52. The van der Waals surface area contributed by atoms with Crippen molar-refractivity contribution >= 4 is 39.9 Å². The standard InChI is InChI=1S/C8H7IN4S/c9-6-1-11-8(12-2-6)13-4-7-3-10-5-14-7/h1-3,5H,4H2,(H,11,12,13). The van der Waals surface area contributed by atoms with Crippen LogP contribution in [0.15, 0.2) is 24.1 Å². The Hall–Kier alpha value is -0.760. The summed E-state index contributed by atoms with van der Waals surface area (Å²) >= 11 is 3.79. The summed E-state index contributed by atoms with van der Waals surface area (Å²) in [6.07, 6.45) is 5.40. The molecule has 0 amide bonds. The molecule has 0 unspecified atom stereocenters. The summed E-state index contributed by atoms with van der Waals surface area (Å²) in [4.78, 5) is 13.4. The van der Waals surface area contributed by atoms with Crippen molar-refractivity contribution in [3.8, 4) is 0 Å². The summed E-state index contributed by atoms with van der Waals surface area (Å²) in [5, 5.41) is 3.12. The van der Waals surface area contributed by atoms with Crippen LogP contribution < -0.4 is 5.32 Å². The highest BCUT2D eigenvalue weighted by Crippen LogP contribution is 2.08. The Bertz CT molecular complexity index is 386. The van der Waals surface area contributed by atoms with Gasteiger partial charge in [0.1, 0.15) is 0 Å². The highest BCUT2D eigenvalue weighted by Gasteiger charge is 1.97. The third-order valence-corrected chi connectivity index (χ3v) is 2.86. The molecule has 0 saturated heterocycles. The molecule has 0 bridgehead atoms. The average molecular weight is 318 g/mol. The van der Waals surface area contributed by atoms with Crippen LogP contribution in [0.25, 0.3) is 0 Å². The first kappa shape index (κ1) is 9.78. The smallest absolute Gasteiger partial charge is 0.222 e. The van der Waals surface area contributed by atoms with Gasteiger partial charge in [0.05, 0.1) is 12.1 Å². The highest BCUT2D eigenvalue weighted by molar-refractivity contribution is 14.1. The van der Waals surface area contributed by atoms with Gasteiger partial charge in [-0.2, -0.15) is 0 Å². The molecule has 0 aliphatic heterocycles. The summed E-state index contributed by atoms with van der Waals surface area (Å²) in [5.41, 5.74) is 1.81. The number of anilines is 1. The van der Waals surface area contributed by atoms with Gasteiger partial charge in [-0.05, 0) is 22.6 Å². The van der Waals surface area contributed by atoms with Gasteiger partial charge in [-0.25, -0.2) is 9.97 Å². The van der Waals surface area contributed by atoms with E-state index < -0.39 is 0 Å². The van der Waals surface area contributed by atoms with Crippen molar-refractivity contribution in [3.63, 3.8) is 0 Å². The van der Waals surface area contributed by atoms with E-state index >= 15 is 0 Å². The molecule has 4 nitrogen and oxygen atoms in total. The van der Waals surface area contributed by atoms with E-state index in [0.717, 1.165) is 10.1 Å². The zero-order valence-electron chi connectivity index (χ0n) is 7.14. The predicted molar refractivity (Wildman–Crippen MR) is 64.2 cm³/mol. The van der Waals surface area contributed by atoms with Gasteiger partial charge in [-0.15, -0.1) is 11.3 Å². The van der Waals surface area contributed by atoms with Crippen LogP contribution in [-0.4, -0.2) is 15.0 Å². The van der Waals surface area contributed by atoms with Gasteiger partial charge in [0.25, 0.3) is 0 Å². The number of hydrogen-bond donors (Lipinski definition) is 1. The molecule has 2 aromatic heterocycles. The highest BCUT2D eigenvalue weighted by atomic mass is 127. The maximum Gasteiger partial charge on any atom is 0.222 e. The van der Waals surface area contributed by atoms with Crippen LogP contribution in [0.2, 0.25) is 0 Å². The van der Waals surface area contributed by atoms with Crippen LogP contribution in [0, 0.1) is 3.57 Å². The molecule has 14 heavy (non-hydrogen) atoms. The second kappa shape index (κ2) is 4.65. The van der Waals surface area contributed by atoms with Crippen molar-refractivity contribution in [3.05, 3.63) is 32.5 Å². The van der Waals surface area contributed by atoms with E-state index in [1.807, 2.05) is 11.7 Å². The van der Waals surface area contributed by atoms with Gasteiger partial charge in [-0.3, -0.25) is 4.98 Å². The van der Waals surface area contributed by atoms with Crippen LogP contribution in [0.5, 0.6) is 0 Å². The van der Waals surface area contributed by atoms with Crippen molar-refractivity contribution in [2.45, 2.75) is 6.54 Å². The zero-order valence-corrected chi connectivity index (χ0v) is 10.1. The predicted octanol–water partition coefficient (Wildman–Crippen LogP) is 2.15. The summed E-state index contributed by atoms with van der Waals surface area (Å²) in [7, 11) is 0. The molecule has 0 saturated carbocycles. The number of hydrogen-bond acceptors (Lipinski definition) is 5. The molecular formula is C8H7IN4S. The van der Waals surface area contributed by atoms with Crippen LogP contribution >= 0.6 is 33.9 Å². The summed E-state index contributed by atoms with van der Waals surface area (Å²) in [5.74, 6) is 0.652. The molecule has 0 spiro atoms. The van der Waals surface area contributed by atoms with Gasteiger partial charge in [0.2, 0.25) is 5.95 Å². The molecule has 0 aliphatic rings. The second-order valence-corrected chi connectivity index (χ2v) is 4.76. The molecule has 6 heteroatoms. The van der Waals surface area contributed by atoms with Crippen molar-refractivity contribution in [1.29, 1.82) is 0 Å². The summed E-state index contributed by atoms with van der Waals surface area (Å²) < 4.78 is 1.03. The Kier molecular flexibility index (Phi) is 3.25. The van der Waals surface area contributed by atoms with E-state index in [9.17, 15) is 0 Å². The molecule has 0 atom stereocenters. The first-order chi connectivity index (χ1) is 6.84. The number of rotatable bonds is 3. The van der Waals surface area contributed by atoms with Crippen molar-refractivity contribution in [1.82, 2.24) is 15.0 Å². The lowest BCUT2D eigenvalue weighted by Gasteiger charge is -2.01. The molecule has 1 N–H and O–H groups in total. The van der Waals surface area contributed by atoms with Gasteiger partial charge in [0.15, 0.2) is 0 Å². The van der Waals surface area contributed by atoms with E-state index in [0.29, 0.717) is 5.95 Å². The average Bonchev–Trinajstić information content (AvgIpc) is 2.70. The monoisotopic (exact) mass is 318 g/mol. The minimum Gasteiger partial charge on any atom is -0.349 e. The quantitative estimate of drug-likeness (QED) is 0.881. The molecular weight excluding hydrogens is 311 g/mol. The lowest BCUT2D eigenvalue weighted by Crippen LogP contribution is -2.01. The Balaban J connectivity index is 1.95. The normalized spacial score (nSPS) is 10.1. The molecule has 72 valence electrons. The minimum absolute atomic E-state index is 0.652. The Morgan fingerprint density at radius 1 is 1.29 bits per heavy atom. The lowest BCUT2D eigenvalue weighted by molar-refractivity contribution is 1.06. The molecule has 0 radical (unpaired) electrons. The van der Waals surface area contributed by atoms with E-state index in [2.05, 4.69) is 42.9 Å². The maximum atomic E-state index is 4.13. The Morgan fingerprint density at radius 2 is 2.07 bits per heavy atom. The fourth-order valence-corrected chi connectivity index (χ4v) is 1.71. The van der Waals surface area contributed by atoms with Crippen molar-refractivity contribution in [2.75, 3.05) is 5.32 Å². The topological polar surface area (TPSA) is 50.7 Å². The van der Waals surface area contributed by atoms with Crippen molar-refractivity contribution < 1.29 is 0 Å². The number of thiazole rings is 1. The largest absolute Gasteiger partial charge is 0.349 e. The number of nitrogens with zero attached hydrogens (tertiary/aromatic N) is 3. The fourth-order valence-electron chi connectivity index (χ4n) is 0.899. The molecule has 0 fully saturated rings. The minimum atomic E-state index is 0.652. The zero-order chi connectivity index (χ0) is 9.80. The summed E-state index contributed by atoms with van der Waals surface area (Å²) in [6, 6.07) is 0. The maximum absolute atomic E-state index is 4.13. The molecule has 0 aliphatic carbocycles. The SMILES string of the molecule is Ic1cnc(NCc2cncs2)nc1. The van der Waals surface area contributed by atoms with Crippen molar-refractivity contribution in [2.24, 2.45) is 0 Å². The Labute approximate surface area is 99.0 Å². The van der Waals surface area contributed by atoms with Crippen LogP contribution in [0.3, 0.4) is 0 Å². The van der Waals surface area contributed by atoms with Gasteiger partial charge >= 0.3 is 0 Å². The second-order valence-electron chi connectivity index (χ2n) is 2.55. The van der Waals surface area contributed by atoms with Gasteiger partial charge in [0, 0.05) is 27.0 Å². The lowest BCUT2D eigenvalue weighted by atomic mass is 10.5. The molecule has 0 aromatic carbocycles. The number of aromatic nitrogens is 3. The van der Waals surface area contributed by atoms with Crippen LogP contribution in [0.4, 0.5) is 5.95 Å². The Morgan fingerprint density at radius 3 is 2.71 bits per heavy atom. The third kappa shape index (κ3) is 2.61. The van der Waals surface area contributed by atoms with E-state index in [4.69, 9.17) is 0 Å². The van der Waals surface area contributed by atoms with E-state index in [1.165, 1.54) is 4.88 Å². The first-order valence-electron chi connectivity index (χ1n) is 3.93. The van der Waals surface area contributed by atoms with E-state index in [1.54, 1.807) is 23.7 Å². The van der Waals surface area contributed by atoms with E-state index in [-0.39, 0.29) is 0 Å². The van der Waals surface area contributed by atoms with Gasteiger partial charge < -0.3 is 5.32 Å². The number of nitrogens with one attached hydrogen (secondary N) is 1. The van der Waals surface area contributed by atoms with Crippen LogP contribution in [0.1, 0.15) is 4.88 Å². The van der Waals surface area contributed by atoms with Crippen LogP contribution in [-0.2, 0) is 6.54 Å².